The Labute approximate surface area is 264 Å². The van der Waals surface area contributed by atoms with Crippen LogP contribution >= 0.6 is 36.2 Å². The Morgan fingerprint density at radius 2 is 1.53 bits per heavy atom. The first-order valence-electron chi connectivity index (χ1n) is 13.2. The van der Waals surface area contributed by atoms with Gasteiger partial charge in [0.2, 0.25) is 11.8 Å². The van der Waals surface area contributed by atoms with Crippen LogP contribution in [0.2, 0.25) is 0 Å². The summed E-state index contributed by atoms with van der Waals surface area (Å²) in [7, 11) is 0. The molecule has 4 rings (SSSR count). The van der Waals surface area contributed by atoms with Gasteiger partial charge in [-0.2, -0.15) is 0 Å². The zero-order valence-electron chi connectivity index (χ0n) is 24.2. The lowest BCUT2D eigenvalue weighted by atomic mass is 9.99. The van der Waals surface area contributed by atoms with E-state index in [4.69, 9.17) is 10.5 Å². The van der Waals surface area contributed by atoms with E-state index in [0.29, 0.717) is 27.1 Å². The highest BCUT2D eigenvalue weighted by molar-refractivity contribution is 8.01. The maximum absolute atomic E-state index is 13.8. The molecule has 0 aliphatic carbocycles. The van der Waals surface area contributed by atoms with E-state index in [1.54, 1.807) is 71.3 Å². The van der Waals surface area contributed by atoms with Gasteiger partial charge >= 0.3 is 11.9 Å². The number of benzene rings is 2. The van der Waals surface area contributed by atoms with Crippen molar-refractivity contribution < 1.29 is 24.2 Å². The summed E-state index contributed by atoms with van der Waals surface area (Å²) in [5.41, 5.74) is 9.34. The van der Waals surface area contributed by atoms with E-state index in [9.17, 15) is 19.5 Å². The van der Waals surface area contributed by atoms with Crippen molar-refractivity contribution in [2.24, 2.45) is 5.73 Å². The molecule has 2 heterocycles. The standard InChI is InChI=1S/C32H31N3O5S3/c1-18-16-20(27(33)36)8-11-22(18)26-25(43-31(2,3)29(37)38)13-15-35-28(26)40-30(39)32(4,5)42-24-12-14-34-17-23(24)19-6-9-21(41)10-7-19/h6-17,41H,1-5H3,(H2,33,36)(H,37,38). The first-order chi connectivity index (χ1) is 20.2. The van der Waals surface area contributed by atoms with E-state index in [2.05, 4.69) is 22.6 Å². The quantitative estimate of drug-likeness (QED) is 0.0965. The van der Waals surface area contributed by atoms with Crippen molar-refractivity contribution in [3.63, 3.8) is 0 Å². The highest BCUT2D eigenvalue weighted by atomic mass is 32.2. The molecule has 0 bridgehead atoms. The smallest absolute Gasteiger partial charge is 0.328 e. The number of hydrogen-bond donors (Lipinski definition) is 3. The van der Waals surface area contributed by atoms with Gasteiger partial charge < -0.3 is 15.6 Å². The Kier molecular flexibility index (Phi) is 9.58. The van der Waals surface area contributed by atoms with Crippen LogP contribution in [-0.2, 0) is 9.59 Å². The van der Waals surface area contributed by atoms with Gasteiger partial charge in [-0.3, -0.25) is 19.4 Å². The number of pyridine rings is 2. The van der Waals surface area contributed by atoms with Crippen LogP contribution in [-0.4, -0.2) is 42.4 Å². The number of thiol groups is 1. The second-order valence-electron chi connectivity index (χ2n) is 10.7. The Balaban J connectivity index is 1.73. The number of nitrogens with zero attached hydrogens (tertiary/aromatic N) is 2. The summed E-state index contributed by atoms with van der Waals surface area (Å²) < 4.78 is 3.74. The second-order valence-corrected chi connectivity index (χ2v) is 14.6. The molecule has 1 amide bonds. The summed E-state index contributed by atoms with van der Waals surface area (Å²) in [4.78, 5) is 48.5. The lowest BCUT2D eigenvalue weighted by molar-refractivity contribution is -0.139. The van der Waals surface area contributed by atoms with Gasteiger partial charge in [-0.05, 0) is 87.7 Å². The van der Waals surface area contributed by atoms with E-state index in [0.717, 1.165) is 32.7 Å². The van der Waals surface area contributed by atoms with Gasteiger partial charge in [-0.25, -0.2) is 4.98 Å². The third kappa shape index (κ3) is 7.41. The molecule has 0 radical (unpaired) electrons. The lowest BCUT2D eigenvalue weighted by Crippen LogP contribution is -2.33. The van der Waals surface area contributed by atoms with E-state index in [1.165, 1.54) is 18.0 Å². The maximum Gasteiger partial charge on any atom is 0.328 e. The largest absolute Gasteiger partial charge is 0.480 e. The Morgan fingerprint density at radius 1 is 0.884 bits per heavy atom. The van der Waals surface area contributed by atoms with Gasteiger partial charge in [-0.1, -0.05) is 18.2 Å². The summed E-state index contributed by atoms with van der Waals surface area (Å²) in [6.45, 7) is 8.51. The summed E-state index contributed by atoms with van der Waals surface area (Å²) in [5, 5.41) is 9.81. The van der Waals surface area contributed by atoms with E-state index in [1.807, 2.05) is 30.3 Å². The molecule has 0 aliphatic rings. The molecule has 0 spiro atoms. The fourth-order valence-electron chi connectivity index (χ4n) is 4.11. The van der Waals surface area contributed by atoms with Crippen LogP contribution in [0.15, 0.2) is 87.9 Å². The molecular formula is C32H31N3O5S3. The van der Waals surface area contributed by atoms with E-state index < -0.39 is 27.3 Å². The number of aryl methyl sites for hydroxylation is 1. The summed E-state index contributed by atoms with van der Waals surface area (Å²) >= 11 is 6.81. The fourth-order valence-corrected chi connectivity index (χ4v) is 6.41. The third-order valence-corrected chi connectivity index (χ3v) is 9.34. The first kappa shape index (κ1) is 32.1. The molecule has 8 nitrogen and oxygen atoms in total. The van der Waals surface area contributed by atoms with Crippen LogP contribution in [0.3, 0.4) is 0 Å². The number of carbonyl (C=O) groups is 3. The van der Waals surface area contributed by atoms with Gasteiger partial charge in [0.25, 0.3) is 0 Å². The molecule has 0 atom stereocenters. The number of rotatable bonds is 10. The SMILES string of the molecule is Cc1cc(C(N)=O)ccc1-c1c(SC(C)(C)C(=O)O)ccnc1OC(=O)C(C)(C)Sc1ccncc1-c1ccc(S)cc1. The first-order valence-corrected chi connectivity index (χ1v) is 15.2. The molecule has 222 valence electrons. The molecule has 0 saturated carbocycles. The third-order valence-electron chi connectivity index (χ3n) is 6.54. The molecule has 0 saturated heterocycles. The zero-order valence-corrected chi connectivity index (χ0v) is 26.8. The number of amides is 1. The molecule has 4 aromatic rings. The van der Waals surface area contributed by atoms with Gasteiger partial charge in [0, 0.05) is 44.4 Å². The molecule has 0 aliphatic heterocycles. The number of ether oxygens (including phenoxy) is 1. The molecule has 43 heavy (non-hydrogen) atoms. The van der Waals surface area contributed by atoms with E-state index >= 15 is 0 Å². The summed E-state index contributed by atoms with van der Waals surface area (Å²) in [6, 6.07) is 16.1. The Bertz CT molecular complexity index is 1710. The normalized spacial score (nSPS) is 11.7. The van der Waals surface area contributed by atoms with Crippen LogP contribution in [0.1, 0.15) is 43.6 Å². The molecule has 2 aromatic heterocycles. The lowest BCUT2D eigenvalue weighted by Gasteiger charge is -2.25. The predicted molar refractivity (Wildman–Crippen MR) is 173 cm³/mol. The molecule has 3 N–H and O–H groups in total. The van der Waals surface area contributed by atoms with Crippen LogP contribution in [0.4, 0.5) is 0 Å². The number of carboxylic acids is 1. The number of thioether (sulfide) groups is 2. The van der Waals surface area contributed by atoms with Crippen molar-refractivity contribution in [2.45, 2.75) is 58.8 Å². The molecule has 2 aromatic carbocycles. The van der Waals surface area contributed by atoms with Crippen LogP contribution in [0.25, 0.3) is 22.3 Å². The van der Waals surface area contributed by atoms with Gasteiger partial charge in [0.1, 0.15) is 9.49 Å². The van der Waals surface area contributed by atoms with Crippen molar-refractivity contribution >= 4 is 54.0 Å². The highest BCUT2D eigenvalue weighted by Crippen LogP contribution is 2.45. The van der Waals surface area contributed by atoms with Crippen molar-refractivity contribution in [2.75, 3.05) is 0 Å². The number of carbonyl (C=O) groups excluding carboxylic acids is 2. The second kappa shape index (κ2) is 12.8. The number of carboxylic acid groups (broad SMARTS) is 1. The minimum atomic E-state index is -1.20. The van der Waals surface area contributed by atoms with Crippen molar-refractivity contribution in [3.05, 3.63) is 84.3 Å². The predicted octanol–water partition coefficient (Wildman–Crippen LogP) is 6.94. The van der Waals surface area contributed by atoms with Crippen LogP contribution in [0, 0.1) is 6.92 Å². The molecule has 0 fully saturated rings. The molecule has 0 unspecified atom stereocenters. The minimum absolute atomic E-state index is 0.0270. The fraction of sp³-hybridized carbons (Fsp3) is 0.219. The van der Waals surface area contributed by atoms with E-state index in [-0.39, 0.29) is 5.88 Å². The van der Waals surface area contributed by atoms with Crippen LogP contribution < -0.4 is 10.5 Å². The van der Waals surface area contributed by atoms with Crippen molar-refractivity contribution in [1.29, 1.82) is 0 Å². The number of esters is 1. The van der Waals surface area contributed by atoms with Crippen LogP contribution in [0.5, 0.6) is 5.88 Å². The number of aliphatic carboxylic acids is 1. The summed E-state index contributed by atoms with van der Waals surface area (Å²) in [6.07, 6.45) is 4.90. The van der Waals surface area contributed by atoms with Gasteiger partial charge in [-0.15, -0.1) is 36.2 Å². The topological polar surface area (TPSA) is 132 Å². The van der Waals surface area contributed by atoms with Crippen molar-refractivity contribution in [1.82, 2.24) is 9.97 Å². The number of hydrogen-bond acceptors (Lipinski definition) is 9. The zero-order chi connectivity index (χ0) is 31.5. The van der Waals surface area contributed by atoms with Gasteiger partial charge in [0.05, 0.1) is 5.56 Å². The monoisotopic (exact) mass is 633 g/mol. The number of nitrogens with two attached hydrogens (primary N) is 1. The maximum atomic E-state index is 13.8. The average Bonchev–Trinajstić information content (AvgIpc) is 2.94. The summed E-state index contributed by atoms with van der Waals surface area (Å²) in [5.74, 6) is -2.11. The molecule has 11 heteroatoms. The highest BCUT2D eigenvalue weighted by Gasteiger charge is 2.35. The minimum Gasteiger partial charge on any atom is -0.480 e. The number of primary amides is 1. The Morgan fingerprint density at radius 3 is 2.16 bits per heavy atom. The van der Waals surface area contributed by atoms with Gasteiger partial charge in [0.15, 0.2) is 0 Å². The number of aromatic nitrogens is 2. The molecular weight excluding hydrogens is 603 g/mol. The Hall–Kier alpha value is -3.80. The van der Waals surface area contributed by atoms with Crippen molar-refractivity contribution in [3.8, 4) is 28.1 Å². The average molecular weight is 634 g/mol.